The molecule has 5 rings (SSSR count). The SMILES string of the molecule is COc1cc(C2c3c(oc4ccccc4c3=O)C(=O)N2CC2CCCO2)ccc1O. The van der Waals surface area contributed by atoms with E-state index in [1.54, 1.807) is 41.3 Å². The minimum atomic E-state index is -0.646. The third-order valence-electron chi connectivity index (χ3n) is 5.82. The van der Waals surface area contributed by atoms with Crippen molar-refractivity contribution in [3.05, 3.63) is 69.6 Å². The molecule has 3 heterocycles. The van der Waals surface area contributed by atoms with E-state index in [1.807, 2.05) is 0 Å². The minimum Gasteiger partial charge on any atom is -0.504 e. The number of hydrogen-bond acceptors (Lipinski definition) is 6. The van der Waals surface area contributed by atoms with Crippen LogP contribution in [0.1, 0.15) is 40.6 Å². The zero-order chi connectivity index (χ0) is 20.8. The molecule has 1 amide bonds. The fraction of sp³-hybridized carbons (Fsp3) is 0.304. The number of amides is 1. The molecule has 0 spiro atoms. The number of phenols is 1. The first-order chi connectivity index (χ1) is 14.6. The van der Waals surface area contributed by atoms with Gasteiger partial charge in [-0.1, -0.05) is 18.2 Å². The van der Waals surface area contributed by atoms with Gasteiger partial charge < -0.3 is 23.9 Å². The van der Waals surface area contributed by atoms with Gasteiger partial charge in [-0.2, -0.15) is 0 Å². The number of nitrogens with zero attached hydrogens (tertiary/aromatic N) is 1. The Kier molecular flexibility index (Phi) is 4.47. The van der Waals surface area contributed by atoms with Gasteiger partial charge in [-0.25, -0.2) is 0 Å². The van der Waals surface area contributed by atoms with Gasteiger partial charge in [0.05, 0.1) is 30.2 Å². The molecule has 154 valence electrons. The standard InChI is InChI=1S/C23H21NO6/c1-28-18-11-13(8-9-16(18)25)20-19-21(26)15-6-2-3-7-17(15)30-22(19)23(27)24(20)12-14-5-4-10-29-14/h2-3,6-9,11,14,20,25H,4-5,10,12H2,1H3. The predicted molar refractivity (Wildman–Crippen MR) is 109 cm³/mol. The number of phenolic OH excluding ortho intramolecular Hbond substituents is 1. The average Bonchev–Trinajstić information content (AvgIpc) is 3.37. The van der Waals surface area contributed by atoms with Crippen molar-refractivity contribution in [1.82, 2.24) is 4.90 Å². The maximum absolute atomic E-state index is 13.4. The number of methoxy groups -OCH3 is 1. The number of fused-ring (bicyclic) bond motifs is 2. The molecule has 2 aromatic carbocycles. The van der Waals surface area contributed by atoms with Gasteiger partial charge in [0.15, 0.2) is 16.9 Å². The van der Waals surface area contributed by atoms with Crippen molar-refractivity contribution in [3.8, 4) is 11.5 Å². The quantitative estimate of drug-likeness (QED) is 0.714. The Hall–Kier alpha value is -3.32. The topological polar surface area (TPSA) is 89.2 Å². The number of hydrogen-bond donors (Lipinski definition) is 1. The molecule has 0 radical (unpaired) electrons. The summed E-state index contributed by atoms with van der Waals surface area (Å²) in [6, 6.07) is 11.1. The van der Waals surface area contributed by atoms with Gasteiger partial charge >= 0.3 is 0 Å². The summed E-state index contributed by atoms with van der Waals surface area (Å²) in [7, 11) is 1.46. The van der Waals surface area contributed by atoms with E-state index in [2.05, 4.69) is 0 Å². The van der Waals surface area contributed by atoms with E-state index in [-0.39, 0.29) is 34.7 Å². The van der Waals surface area contributed by atoms with Crippen LogP contribution in [-0.4, -0.2) is 42.3 Å². The van der Waals surface area contributed by atoms with Gasteiger partial charge in [0, 0.05) is 13.2 Å². The second kappa shape index (κ2) is 7.18. The lowest BCUT2D eigenvalue weighted by atomic mass is 9.98. The molecule has 2 aliphatic rings. The van der Waals surface area contributed by atoms with Crippen LogP contribution in [0.4, 0.5) is 0 Å². The average molecular weight is 407 g/mol. The van der Waals surface area contributed by atoms with Gasteiger partial charge in [-0.3, -0.25) is 9.59 Å². The van der Waals surface area contributed by atoms with E-state index in [4.69, 9.17) is 13.9 Å². The maximum atomic E-state index is 13.4. The van der Waals surface area contributed by atoms with Crippen molar-refractivity contribution >= 4 is 16.9 Å². The highest BCUT2D eigenvalue weighted by Crippen LogP contribution is 2.41. The number of rotatable bonds is 4. The second-order valence-corrected chi connectivity index (χ2v) is 7.60. The van der Waals surface area contributed by atoms with Crippen molar-refractivity contribution in [2.24, 2.45) is 0 Å². The normalized spacial score (nSPS) is 20.7. The van der Waals surface area contributed by atoms with Crippen LogP contribution < -0.4 is 10.2 Å². The Bertz CT molecular complexity index is 1190. The van der Waals surface area contributed by atoms with Crippen molar-refractivity contribution in [2.45, 2.75) is 25.0 Å². The predicted octanol–water partition coefficient (Wildman–Crippen LogP) is 3.23. The summed E-state index contributed by atoms with van der Waals surface area (Å²) in [5, 5.41) is 10.4. The van der Waals surface area contributed by atoms with Gasteiger partial charge in [0.1, 0.15) is 5.58 Å². The molecule has 1 saturated heterocycles. The molecular weight excluding hydrogens is 386 g/mol. The fourth-order valence-corrected chi connectivity index (χ4v) is 4.37. The highest BCUT2D eigenvalue weighted by Gasteiger charge is 2.44. The Morgan fingerprint density at radius 1 is 1.20 bits per heavy atom. The molecule has 7 nitrogen and oxygen atoms in total. The van der Waals surface area contributed by atoms with Crippen molar-refractivity contribution in [3.63, 3.8) is 0 Å². The maximum Gasteiger partial charge on any atom is 0.291 e. The van der Waals surface area contributed by atoms with Gasteiger partial charge in [0.25, 0.3) is 5.91 Å². The van der Waals surface area contributed by atoms with E-state index in [0.717, 1.165) is 12.8 Å². The largest absolute Gasteiger partial charge is 0.504 e. The van der Waals surface area contributed by atoms with Crippen LogP contribution in [0, 0.1) is 0 Å². The lowest BCUT2D eigenvalue weighted by Crippen LogP contribution is -2.36. The summed E-state index contributed by atoms with van der Waals surface area (Å²) in [6.07, 6.45) is 1.71. The first kappa shape index (κ1) is 18.7. The van der Waals surface area contributed by atoms with Crippen LogP contribution in [0.15, 0.2) is 51.7 Å². The molecule has 2 aliphatic heterocycles. The Morgan fingerprint density at radius 2 is 2.03 bits per heavy atom. The van der Waals surface area contributed by atoms with Crippen LogP contribution in [0.3, 0.4) is 0 Å². The van der Waals surface area contributed by atoms with Gasteiger partial charge in [0.2, 0.25) is 5.76 Å². The van der Waals surface area contributed by atoms with E-state index in [9.17, 15) is 14.7 Å². The van der Waals surface area contributed by atoms with Crippen molar-refractivity contribution < 1.29 is 23.8 Å². The summed E-state index contributed by atoms with van der Waals surface area (Å²) in [5.74, 6) is -0.00760. The lowest BCUT2D eigenvalue weighted by molar-refractivity contribution is 0.0486. The van der Waals surface area contributed by atoms with E-state index >= 15 is 0 Å². The number of para-hydroxylation sites is 1. The van der Waals surface area contributed by atoms with E-state index in [1.165, 1.54) is 13.2 Å². The Morgan fingerprint density at radius 3 is 2.80 bits per heavy atom. The molecule has 3 aromatic rings. The lowest BCUT2D eigenvalue weighted by Gasteiger charge is -2.27. The van der Waals surface area contributed by atoms with Crippen LogP contribution in [-0.2, 0) is 4.74 Å². The van der Waals surface area contributed by atoms with Crippen LogP contribution in [0.5, 0.6) is 11.5 Å². The third-order valence-corrected chi connectivity index (χ3v) is 5.82. The smallest absolute Gasteiger partial charge is 0.291 e. The highest BCUT2D eigenvalue weighted by molar-refractivity contribution is 5.99. The Labute approximate surface area is 172 Å². The van der Waals surface area contributed by atoms with E-state index in [0.29, 0.717) is 35.2 Å². The molecule has 2 unspecified atom stereocenters. The second-order valence-electron chi connectivity index (χ2n) is 7.60. The summed E-state index contributed by atoms with van der Waals surface area (Å²) >= 11 is 0. The third kappa shape index (κ3) is 2.85. The summed E-state index contributed by atoms with van der Waals surface area (Å²) in [6.45, 7) is 1.02. The van der Waals surface area contributed by atoms with Gasteiger partial charge in [-0.15, -0.1) is 0 Å². The molecule has 30 heavy (non-hydrogen) atoms. The minimum absolute atomic E-state index is 0.0120. The number of ether oxygens (including phenoxy) is 2. The van der Waals surface area contributed by atoms with E-state index < -0.39 is 6.04 Å². The molecular formula is C23H21NO6. The summed E-state index contributed by atoms with van der Waals surface area (Å²) < 4.78 is 16.9. The van der Waals surface area contributed by atoms with Crippen LogP contribution in [0.2, 0.25) is 0 Å². The van der Waals surface area contributed by atoms with Crippen LogP contribution >= 0.6 is 0 Å². The molecule has 0 saturated carbocycles. The molecule has 0 bridgehead atoms. The molecule has 1 fully saturated rings. The molecule has 7 heteroatoms. The monoisotopic (exact) mass is 407 g/mol. The Balaban J connectivity index is 1.71. The van der Waals surface area contributed by atoms with Crippen molar-refractivity contribution in [1.29, 1.82) is 0 Å². The van der Waals surface area contributed by atoms with Gasteiger partial charge in [-0.05, 0) is 42.7 Å². The first-order valence-corrected chi connectivity index (χ1v) is 9.93. The molecule has 1 N–H and O–H groups in total. The number of carbonyl (C=O) groups is 1. The zero-order valence-corrected chi connectivity index (χ0v) is 16.5. The number of carbonyl (C=O) groups excluding carboxylic acids is 1. The van der Waals surface area contributed by atoms with Crippen molar-refractivity contribution in [2.75, 3.05) is 20.3 Å². The summed E-state index contributed by atoms with van der Waals surface area (Å²) in [4.78, 5) is 28.4. The molecule has 1 aromatic heterocycles. The molecule has 2 atom stereocenters. The number of benzene rings is 2. The highest BCUT2D eigenvalue weighted by atomic mass is 16.5. The number of aromatic hydroxyl groups is 1. The van der Waals surface area contributed by atoms with Crippen LogP contribution in [0.25, 0.3) is 11.0 Å². The zero-order valence-electron chi connectivity index (χ0n) is 16.5. The summed E-state index contributed by atoms with van der Waals surface area (Å²) in [5.41, 5.74) is 1.13. The molecule has 0 aliphatic carbocycles. The first-order valence-electron chi connectivity index (χ1n) is 9.93. The fourth-order valence-electron chi connectivity index (χ4n) is 4.37.